The van der Waals surface area contributed by atoms with E-state index in [1.807, 2.05) is 11.3 Å². The van der Waals surface area contributed by atoms with E-state index in [-0.39, 0.29) is 0 Å². The lowest BCUT2D eigenvalue weighted by atomic mass is 9.89. The zero-order valence-corrected chi connectivity index (χ0v) is 15.5. The van der Waals surface area contributed by atoms with Crippen LogP contribution in [0.15, 0.2) is 58.2 Å². The summed E-state index contributed by atoms with van der Waals surface area (Å²) in [4.78, 5) is 1.39. The first kappa shape index (κ1) is 15.5. The summed E-state index contributed by atoms with van der Waals surface area (Å²) in [6, 6.07) is 4.63. The van der Waals surface area contributed by atoms with Crippen molar-refractivity contribution in [2.45, 2.75) is 40.2 Å². The van der Waals surface area contributed by atoms with E-state index in [1.54, 1.807) is 5.57 Å². The molecule has 124 valence electrons. The minimum atomic E-state index is 0.930. The van der Waals surface area contributed by atoms with E-state index in [9.17, 15) is 0 Å². The molecule has 3 heteroatoms. The summed E-state index contributed by atoms with van der Waals surface area (Å²) in [6.07, 6.45) is 9.23. The van der Waals surface area contributed by atoms with Crippen molar-refractivity contribution in [3.63, 3.8) is 0 Å². The average Bonchev–Trinajstić information content (AvgIpc) is 3.21. The fourth-order valence-corrected chi connectivity index (χ4v) is 4.60. The number of nitrogens with zero attached hydrogens (tertiary/aromatic N) is 1. The van der Waals surface area contributed by atoms with Crippen LogP contribution in [-0.2, 0) is 6.54 Å². The van der Waals surface area contributed by atoms with Crippen molar-refractivity contribution in [3.05, 3.63) is 63.9 Å². The predicted molar refractivity (Wildman–Crippen MR) is 105 cm³/mol. The first-order valence-corrected chi connectivity index (χ1v) is 9.69. The van der Waals surface area contributed by atoms with Gasteiger partial charge in [0.05, 0.1) is 5.69 Å². The second kappa shape index (κ2) is 6.14. The second-order valence-corrected chi connectivity index (χ2v) is 7.38. The van der Waals surface area contributed by atoms with Gasteiger partial charge < -0.3 is 9.88 Å². The maximum Gasteiger partial charge on any atom is 0.103 e. The standard InChI is InChI=1S/C21H24N2S/c1-4-17(18-13-22-10-8-14(18)3)20(15-6-7-15)19-12-16-9-11-24-21(16)23(19)5-2/h4,8-9,11-13,22H,5-7,10H2,1-3H3/b17-4+. The molecule has 4 rings (SSSR count). The van der Waals surface area contributed by atoms with Crippen LogP contribution in [0.3, 0.4) is 0 Å². The van der Waals surface area contributed by atoms with Gasteiger partial charge in [0.1, 0.15) is 4.83 Å². The van der Waals surface area contributed by atoms with Crippen LogP contribution in [0.4, 0.5) is 0 Å². The molecule has 2 nitrogen and oxygen atoms in total. The average molecular weight is 337 g/mol. The minimum Gasteiger partial charge on any atom is -0.387 e. The van der Waals surface area contributed by atoms with E-state index in [4.69, 9.17) is 0 Å². The molecule has 1 fully saturated rings. The van der Waals surface area contributed by atoms with Gasteiger partial charge in [0.2, 0.25) is 0 Å². The fourth-order valence-electron chi connectivity index (χ4n) is 3.64. The Morgan fingerprint density at radius 2 is 2.21 bits per heavy atom. The van der Waals surface area contributed by atoms with Crippen LogP contribution in [0, 0.1) is 0 Å². The van der Waals surface area contributed by atoms with Crippen LogP contribution in [0.25, 0.3) is 15.8 Å². The molecule has 1 aliphatic heterocycles. The molecule has 2 aromatic rings. The van der Waals surface area contributed by atoms with Crippen LogP contribution in [0.2, 0.25) is 0 Å². The van der Waals surface area contributed by atoms with Crippen molar-refractivity contribution in [2.75, 3.05) is 6.54 Å². The van der Waals surface area contributed by atoms with Crippen molar-refractivity contribution in [2.24, 2.45) is 0 Å². The summed E-state index contributed by atoms with van der Waals surface area (Å²) < 4.78 is 2.49. The van der Waals surface area contributed by atoms with Crippen molar-refractivity contribution in [1.29, 1.82) is 0 Å². The third kappa shape index (κ3) is 2.48. The first-order valence-electron chi connectivity index (χ1n) is 8.81. The Kier molecular flexibility index (Phi) is 3.97. The lowest BCUT2D eigenvalue weighted by Crippen LogP contribution is -2.14. The van der Waals surface area contributed by atoms with Gasteiger partial charge in [0, 0.05) is 35.8 Å². The number of allylic oxidation sites excluding steroid dienone is 6. The van der Waals surface area contributed by atoms with Crippen LogP contribution in [0.5, 0.6) is 0 Å². The molecule has 2 aliphatic rings. The molecule has 1 N–H and O–H groups in total. The van der Waals surface area contributed by atoms with Gasteiger partial charge in [-0.3, -0.25) is 0 Å². The Hall–Kier alpha value is -2.00. The molecule has 0 atom stereocenters. The molecule has 0 spiro atoms. The van der Waals surface area contributed by atoms with Crippen molar-refractivity contribution < 1.29 is 0 Å². The largest absolute Gasteiger partial charge is 0.387 e. The number of fused-ring (bicyclic) bond motifs is 1. The SMILES string of the molecule is C/C=C(\C1=CNCC=C1C)C(=C1CC1)c1cc2ccsc2n1CC. The fraction of sp³-hybridized carbons (Fsp3) is 0.333. The smallest absolute Gasteiger partial charge is 0.103 e. The zero-order valence-electron chi connectivity index (χ0n) is 14.6. The number of dihydropyridines is 1. The molecule has 0 unspecified atom stereocenters. The zero-order chi connectivity index (χ0) is 16.7. The van der Waals surface area contributed by atoms with Gasteiger partial charge >= 0.3 is 0 Å². The highest BCUT2D eigenvalue weighted by atomic mass is 32.1. The number of hydrogen-bond acceptors (Lipinski definition) is 2. The summed E-state index contributed by atoms with van der Waals surface area (Å²) in [7, 11) is 0. The minimum absolute atomic E-state index is 0.930. The number of nitrogens with one attached hydrogen (secondary N) is 1. The van der Waals surface area contributed by atoms with Crippen molar-refractivity contribution >= 4 is 27.1 Å². The van der Waals surface area contributed by atoms with Crippen LogP contribution in [-0.4, -0.2) is 11.1 Å². The van der Waals surface area contributed by atoms with E-state index < -0.39 is 0 Å². The molecule has 24 heavy (non-hydrogen) atoms. The summed E-state index contributed by atoms with van der Waals surface area (Å²) >= 11 is 1.85. The number of rotatable bonds is 4. The molecule has 0 amide bonds. The molecule has 0 radical (unpaired) electrons. The van der Waals surface area contributed by atoms with E-state index in [0.29, 0.717) is 0 Å². The molecule has 1 saturated carbocycles. The number of thiophene rings is 1. The van der Waals surface area contributed by atoms with Gasteiger partial charge in [-0.05, 0) is 62.3 Å². The first-order chi connectivity index (χ1) is 11.7. The molecule has 0 aromatic carbocycles. The maximum absolute atomic E-state index is 3.39. The molecule has 2 aromatic heterocycles. The number of hydrogen-bond donors (Lipinski definition) is 1. The Morgan fingerprint density at radius 3 is 2.88 bits per heavy atom. The van der Waals surface area contributed by atoms with Crippen LogP contribution < -0.4 is 5.32 Å². The Bertz CT molecular complexity index is 909. The predicted octanol–water partition coefficient (Wildman–Crippen LogP) is 5.65. The van der Waals surface area contributed by atoms with Gasteiger partial charge in [0.25, 0.3) is 0 Å². The number of aryl methyl sites for hydroxylation is 1. The highest BCUT2D eigenvalue weighted by Gasteiger charge is 2.27. The molecule has 0 saturated heterocycles. The van der Waals surface area contributed by atoms with E-state index in [2.05, 4.69) is 66.5 Å². The Labute approximate surface area is 147 Å². The number of aromatic nitrogens is 1. The third-order valence-corrected chi connectivity index (χ3v) is 5.93. The van der Waals surface area contributed by atoms with Gasteiger partial charge in [-0.25, -0.2) is 0 Å². The maximum atomic E-state index is 3.39. The van der Waals surface area contributed by atoms with Crippen LogP contribution in [0.1, 0.15) is 39.3 Å². The highest BCUT2D eigenvalue weighted by Crippen LogP contribution is 2.45. The van der Waals surface area contributed by atoms with E-state index in [1.165, 1.54) is 51.0 Å². The molecular weight excluding hydrogens is 312 g/mol. The van der Waals surface area contributed by atoms with Gasteiger partial charge in [-0.1, -0.05) is 17.7 Å². The van der Waals surface area contributed by atoms with Crippen LogP contribution >= 0.6 is 11.3 Å². The van der Waals surface area contributed by atoms with Crippen molar-refractivity contribution in [1.82, 2.24) is 9.88 Å². The second-order valence-electron chi connectivity index (χ2n) is 6.49. The summed E-state index contributed by atoms with van der Waals surface area (Å²) in [5.74, 6) is 0. The lowest BCUT2D eigenvalue weighted by Gasteiger charge is -2.21. The summed E-state index contributed by atoms with van der Waals surface area (Å²) in [6.45, 7) is 8.59. The quantitative estimate of drug-likeness (QED) is 0.763. The Morgan fingerprint density at radius 1 is 1.38 bits per heavy atom. The van der Waals surface area contributed by atoms with Crippen molar-refractivity contribution in [3.8, 4) is 0 Å². The topological polar surface area (TPSA) is 17.0 Å². The highest BCUT2D eigenvalue weighted by molar-refractivity contribution is 7.16. The molecule has 0 bridgehead atoms. The van der Waals surface area contributed by atoms with Gasteiger partial charge in [-0.15, -0.1) is 11.3 Å². The summed E-state index contributed by atoms with van der Waals surface area (Å²) in [5.41, 5.74) is 8.54. The van der Waals surface area contributed by atoms with Gasteiger partial charge in [-0.2, -0.15) is 0 Å². The summed E-state index contributed by atoms with van der Waals surface area (Å²) in [5, 5.41) is 6.95. The van der Waals surface area contributed by atoms with Gasteiger partial charge in [0.15, 0.2) is 0 Å². The molecule has 3 heterocycles. The van der Waals surface area contributed by atoms with E-state index >= 15 is 0 Å². The molecule has 1 aliphatic carbocycles. The lowest BCUT2D eigenvalue weighted by molar-refractivity contribution is 0.791. The Balaban J connectivity index is 1.89. The monoisotopic (exact) mass is 336 g/mol. The molecular formula is C21H24N2S. The third-order valence-electron chi connectivity index (χ3n) is 4.97. The normalized spacial score (nSPS) is 17.6. The van der Waals surface area contributed by atoms with E-state index in [0.717, 1.165) is 13.1 Å².